The molecule has 0 saturated carbocycles. The number of benzene rings is 1. The number of carbonyl (C=O) groups is 4. The Bertz CT molecular complexity index is 720. The number of aliphatic carboxylic acids is 1. The first-order valence-electron chi connectivity index (χ1n) is 8.24. The number of carbonyl (C=O) groups excluding carboxylic acids is 3. The lowest BCUT2D eigenvalue weighted by atomic mass is 10.0. The highest BCUT2D eigenvalue weighted by Crippen LogP contribution is 2.11. The van der Waals surface area contributed by atoms with Gasteiger partial charge in [0.05, 0.1) is 0 Å². The number of amides is 2. The molecular weight excluding hydrogens is 336 g/mol. The summed E-state index contributed by atoms with van der Waals surface area (Å²) in [5.74, 6) is -2.23. The van der Waals surface area contributed by atoms with Crippen molar-refractivity contribution >= 4 is 29.3 Å². The first-order chi connectivity index (χ1) is 12.1. The van der Waals surface area contributed by atoms with E-state index in [1.807, 2.05) is 13.8 Å². The third-order valence-electron chi connectivity index (χ3n) is 3.58. The van der Waals surface area contributed by atoms with E-state index < -0.39 is 23.8 Å². The van der Waals surface area contributed by atoms with Crippen molar-refractivity contribution in [2.75, 3.05) is 5.32 Å². The smallest absolute Gasteiger partial charge is 0.326 e. The molecule has 0 aromatic heterocycles. The van der Waals surface area contributed by atoms with E-state index in [2.05, 4.69) is 10.6 Å². The summed E-state index contributed by atoms with van der Waals surface area (Å²) in [6.07, 6.45) is 1.39. The van der Waals surface area contributed by atoms with Crippen LogP contribution < -0.4 is 10.6 Å². The molecule has 0 aliphatic heterocycles. The maximum Gasteiger partial charge on any atom is 0.326 e. The Kier molecular flexibility index (Phi) is 7.71. The fourth-order valence-corrected chi connectivity index (χ4v) is 2.19. The van der Waals surface area contributed by atoms with E-state index in [0.29, 0.717) is 17.7 Å². The third-order valence-corrected chi connectivity index (χ3v) is 3.58. The van der Waals surface area contributed by atoms with Crippen LogP contribution in [0, 0.1) is 5.92 Å². The summed E-state index contributed by atoms with van der Waals surface area (Å²) in [5.41, 5.74) is 1.10. The van der Waals surface area contributed by atoms with Gasteiger partial charge in [-0.3, -0.25) is 14.4 Å². The fraction of sp³-hybridized carbons (Fsp3) is 0.368. The van der Waals surface area contributed by atoms with Crippen LogP contribution in [0.1, 0.15) is 44.5 Å². The summed E-state index contributed by atoms with van der Waals surface area (Å²) in [7, 11) is 0. The van der Waals surface area contributed by atoms with Crippen LogP contribution in [0.5, 0.6) is 0 Å². The number of hydrogen-bond donors (Lipinski definition) is 3. The molecule has 1 atom stereocenters. The molecule has 0 spiro atoms. The van der Waals surface area contributed by atoms with Gasteiger partial charge < -0.3 is 15.7 Å². The lowest BCUT2D eigenvalue weighted by Crippen LogP contribution is -2.42. The van der Waals surface area contributed by atoms with Crippen molar-refractivity contribution in [2.45, 2.75) is 40.2 Å². The Balaban J connectivity index is 2.72. The van der Waals surface area contributed by atoms with Crippen molar-refractivity contribution in [2.24, 2.45) is 5.92 Å². The molecule has 0 radical (unpaired) electrons. The van der Waals surface area contributed by atoms with Gasteiger partial charge in [0, 0.05) is 22.9 Å². The first-order valence-corrected chi connectivity index (χ1v) is 8.24. The van der Waals surface area contributed by atoms with Gasteiger partial charge in [-0.25, -0.2) is 4.79 Å². The van der Waals surface area contributed by atoms with E-state index >= 15 is 0 Å². The molecule has 0 heterocycles. The van der Waals surface area contributed by atoms with E-state index in [-0.39, 0.29) is 17.3 Å². The van der Waals surface area contributed by atoms with Crippen molar-refractivity contribution in [1.29, 1.82) is 0 Å². The molecule has 0 bridgehead atoms. The van der Waals surface area contributed by atoms with Gasteiger partial charge in [-0.05, 0) is 50.5 Å². The van der Waals surface area contributed by atoms with E-state index in [1.54, 1.807) is 24.3 Å². The minimum atomic E-state index is -1.12. The molecule has 1 aromatic rings. The molecule has 7 nitrogen and oxygen atoms in total. The number of rotatable bonds is 8. The van der Waals surface area contributed by atoms with Crippen LogP contribution in [0.2, 0.25) is 0 Å². The largest absolute Gasteiger partial charge is 0.480 e. The molecule has 140 valence electrons. The Labute approximate surface area is 152 Å². The third kappa shape index (κ3) is 6.88. The number of ketones is 1. The molecule has 1 unspecified atom stereocenters. The molecular formula is C19H24N2O5. The summed E-state index contributed by atoms with van der Waals surface area (Å²) in [4.78, 5) is 46.5. The zero-order valence-electron chi connectivity index (χ0n) is 15.3. The van der Waals surface area contributed by atoms with E-state index in [0.717, 1.165) is 6.08 Å². The Morgan fingerprint density at radius 2 is 1.65 bits per heavy atom. The predicted molar refractivity (Wildman–Crippen MR) is 97.9 cm³/mol. The van der Waals surface area contributed by atoms with Crippen LogP contribution in [-0.4, -0.2) is 34.7 Å². The molecule has 1 aromatic carbocycles. The number of anilines is 1. The monoisotopic (exact) mass is 360 g/mol. The Hall–Kier alpha value is -2.96. The standard InChI is InChI=1S/C19H24N2O5/c1-11(2)9-16(19(25)26)21-18(24)12(3)10-17(23)20-15-7-5-14(6-8-15)13(4)22/h5-8,10-11,16H,9H2,1-4H3,(H,20,23)(H,21,24)(H,25,26)/b12-10-. The summed E-state index contributed by atoms with van der Waals surface area (Å²) in [6.45, 7) is 6.59. The molecule has 0 aliphatic carbocycles. The normalized spacial score (nSPS) is 12.4. The average Bonchev–Trinajstić information content (AvgIpc) is 2.53. The minimum absolute atomic E-state index is 0.0790. The van der Waals surface area contributed by atoms with E-state index in [9.17, 15) is 19.2 Å². The topological polar surface area (TPSA) is 113 Å². The highest BCUT2D eigenvalue weighted by molar-refractivity contribution is 6.06. The average molecular weight is 360 g/mol. The second-order valence-corrected chi connectivity index (χ2v) is 6.44. The molecule has 26 heavy (non-hydrogen) atoms. The van der Waals surface area contributed by atoms with Crippen molar-refractivity contribution in [1.82, 2.24) is 5.32 Å². The molecule has 0 aliphatic rings. The van der Waals surface area contributed by atoms with Crippen molar-refractivity contribution in [3.8, 4) is 0 Å². The quantitative estimate of drug-likeness (QED) is 0.487. The van der Waals surface area contributed by atoms with Crippen LogP contribution in [0.4, 0.5) is 5.69 Å². The SMILES string of the molecule is CC(=O)c1ccc(NC(=O)/C=C(/C)C(=O)NC(CC(C)C)C(=O)O)cc1. The molecule has 0 fully saturated rings. The predicted octanol–water partition coefficient (Wildman–Crippen LogP) is 2.39. The van der Waals surface area contributed by atoms with Gasteiger partial charge in [-0.1, -0.05) is 13.8 Å². The number of nitrogens with one attached hydrogen (secondary N) is 2. The second-order valence-electron chi connectivity index (χ2n) is 6.44. The number of Topliss-reactive ketones (excluding diaryl/α,β-unsaturated/α-hetero) is 1. The van der Waals surface area contributed by atoms with Gasteiger partial charge in [-0.15, -0.1) is 0 Å². The number of carboxylic acids is 1. The van der Waals surface area contributed by atoms with Gasteiger partial charge in [0.15, 0.2) is 5.78 Å². The highest BCUT2D eigenvalue weighted by Gasteiger charge is 2.21. The summed E-state index contributed by atoms with van der Waals surface area (Å²) in [5, 5.41) is 14.1. The lowest BCUT2D eigenvalue weighted by Gasteiger charge is -2.16. The van der Waals surface area contributed by atoms with Crippen LogP contribution in [0.25, 0.3) is 0 Å². The highest BCUT2D eigenvalue weighted by atomic mass is 16.4. The Morgan fingerprint density at radius 3 is 2.12 bits per heavy atom. The number of hydrogen-bond acceptors (Lipinski definition) is 4. The summed E-state index contributed by atoms with van der Waals surface area (Å²) in [6, 6.07) is 5.34. The zero-order chi connectivity index (χ0) is 19.9. The van der Waals surface area contributed by atoms with E-state index in [1.165, 1.54) is 13.8 Å². The van der Waals surface area contributed by atoms with Crippen LogP contribution in [0.15, 0.2) is 35.9 Å². The molecule has 3 N–H and O–H groups in total. The fourth-order valence-electron chi connectivity index (χ4n) is 2.19. The van der Waals surface area contributed by atoms with Gasteiger partial charge >= 0.3 is 5.97 Å². The summed E-state index contributed by atoms with van der Waals surface area (Å²) < 4.78 is 0. The van der Waals surface area contributed by atoms with Crippen LogP contribution in [0.3, 0.4) is 0 Å². The van der Waals surface area contributed by atoms with Gasteiger partial charge in [0.2, 0.25) is 11.8 Å². The van der Waals surface area contributed by atoms with Crippen LogP contribution >= 0.6 is 0 Å². The van der Waals surface area contributed by atoms with Gasteiger partial charge in [0.25, 0.3) is 0 Å². The minimum Gasteiger partial charge on any atom is -0.480 e. The lowest BCUT2D eigenvalue weighted by molar-refractivity contribution is -0.141. The Morgan fingerprint density at radius 1 is 1.08 bits per heavy atom. The first kappa shape index (κ1) is 21.1. The second kappa shape index (κ2) is 9.50. The van der Waals surface area contributed by atoms with Gasteiger partial charge in [-0.2, -0.15) is 0 Å². The zero-order valence-corrected chi connectivity index (χ0v) is 15.3. The maximum atomic E-state index is 12.1. The van der Waals surface area contributed by atoms with Crippen molar-refractivity contribution in [3.05, 3.63) is 41.5 Å². The summed E-state index contributed by atoms with van der Waals surface area (Å²) >= 11 is 0. The molecule has 0 saturated heterocycles. The molecule has 2 amide bonds. The van der Waals surface area contributed by atoms with Gasteiger partial charge in [0.1, 0.15) is 6.04 Å². The molecule has 7 heteroatoms. The van der Waals surface area contributed by atoms with Crippen molar-refractivity contribution in [3.63, 3.8) is 0 Å². The van der Waals surface area contributed by atoms with E-state index in [4.69, 9.17) is 5.11 Å². The molecule has 1 rings (SSSR count). The van der Waals surface area contributed by atoms with Crippen molar-refractivity contribution < 1.29 is 24.3 Å². The maximum absolute atomic E-state index is 12.1. The number of carboxylic acid groups (broad SMARTS) is 1. The van der Waals surface area contributed by atoms with Crippen LogP contribution in [-0.2, 0) is 14.4 Å².